The number of allylic oxidation sites excluding steroid dienone is 2. The highest BCUT2D eigenvalue weighted by atomic mass is 16.3. The van der Waals surface area contributed by atoms with E-state index in [0.29, 0.717) is 25.0 Å². The van der Waals surface area contributed by atoms with Gasteiger partial charge in [0.15, 0.2) is 5.78 Å². The number of nitrogens with zero attached hydrogens (tertiary/aromatic N) is 3. The van der Waals surface area contributed by atoms with Crippen LogP contribution in [0.15, 0.2) is 46.7 Å². The molecule has 2 N–H and O–H groups in total. The highest BCUT2D eigenvalue weighted by Crippen LogP contribution is 2.32. The third-order valence-electron chi connectivity index (χ3n) is 5.40. The van der Waals surface area contributed by atoms with Crippen LogP contribution in [0, 0.1) is 0 Å². The van der Waals surface area contributed by atoms with Crippen LogP contribution >= 0.6 is 0 Å². The number of carbonyl (C=O) groups excluding carboxylic acids is 1. The minimum Gasteiger partial charge on any atom is -0.511 e. The summed E-state index contributed by atoms with van der Waals surface area (Å²) in [4.78, 5) is 21.4. The molecule has 0 amide bonds. The van der Waals surface area contributed by atoms with E-state index in [1.54, 1.807) is 6.21 Å². The van der Waals surface area contributed by atoms with Crippen LogP contribution in [-0.4, -0.2) is 84.4 Å². The Morgan fingerprint density at radius 3 is 2.33 bits per heavy atom. The van der Waals surface area contributed by atoms with Crippen LogP contribution in [0.1, 0.15) is 24.3 Å². The first-order valence-electron chi connectivity index (χ1n) is 9.73. The fourth-order valence-corrected chi connectivity index (χ4v) is 3.75. The maximum Gasteiger partial charge on any atom is 0.168 e. The Bertz CT molecular complexity index is 679. The van der Waals surface area contributed by atoms with Crippen LogP contribution in [0.25, 0.3) is 0 Å². The van der Waals surface area contributed by atoms with E-state index in [1.807, 2.05) is 30.3 Å². The third-order valence-corrected chi connectivity index (χ3v) is 5.40. The molecule has 1 atom stereocenters. The summed E-state index contributed by atoms with van der Waals surface area (Å²) in [6.07, 6.45) is 2.47. The summed E-state index contributed by atoms with van der Waals surface area (Å²) in [7, 11) is 0. The molecule has 1 saturated heterocycles. The van der Waals surface area contributed by atoms with Gasteiger partial charge in [-0.15, -0.1) is 0 Å². The number of hydrogen-bond donors (Lipinski definition) is 2. The number of aliphatic hydroxyl groups excluding tert-OH is 2. The molecule has 1 aliphatic heterocycles. The van der Waals surface area contributed by atoms with Crippen molar-refractivity contribution in [1.29, 1.82) is 0 Å². The third kappa shape index (κ3) is 5.48. The molecule has 6 heteroatoms. The number of rotatable bonds is 7. The molecule has 0 aromatic heterocycles. The highest BCUT2D eigenvalue weighted by Gasteiger charge is 2.27. The summed E-state index contributed by atoms with van der Waals surface area (Å²) < 4.78 is 0. The van der Waals surface area contributed by atoms with Crippen molar-refractivity contribution in [3.63, 3.8) is 0 Å². The molecule has 1 unspecified atom stereocenters. The van der Waals surface area contributed by atoms with Gasteiger partial charge in [0.25, 0.3) is 0 Å². The maximum atomic E-state index is 12.4. The number of β-amino-alcohol motifs (C(OH)–C–C–N with tert-alkyl or cyclic N) is 1. The molecule has 0 spiro atoms. The van der Waals surface area contributed by atoms with Gasteiger partial charge in [-0.25, -0.2) is 0 Å². The average Bonchev–Trinajstić information content (AvgIpc) is 2.69. The number of Topliss-reactive ketones (excluding diaryl/α,β-unsaturated/α-hetero) is 1. The molecule has 27 heavy (non-hydrogen) atoms. The Kier molecular flexibility index (Phi) is 7.15. The van der Waals surface area contributed by atoms with Crippen molar-refractivity contribution >= 4 is 12.0 Å². The van der Waals surface area contributed by atoms with Gasteiger partial charge < -0.3 is 10.2 Å². The molecule has 1 aliphatic carbocycles. The van der Waals surface area contributed by atoms with Gasteiger partial charge >= 0.3 is 0 Å². The monoisotopic (exact) mass is 371 g/mol. The normalized spacial score (nSPS) is 22.7. The van der Waals surface area contributed by atoms with Crippen molar-refractivity contribution in [3.05, 3.63) is 47.2 Å². The summed E-state index contributed by atoms with van der Waals surface area (Å²) in [5.41, 5.74) is 1.46. The van der Waals surface area contributed by atoms with Crippen molar-refractivity contribution in [2.45, 2.75) is 18.8 Å². The molecule has 6 nitrogen and oxygen atoms in total. The Hall–Kier alpha value is -2.02. The van der Waals surface area contributed by atoms with Crippen LogP contribution in [0.2, 0.25) is 0 Å². The highest BCUT2D eigenvalue weighted by molar-refractivity contribution is 6.14. The molecule has 146 valence electrons. The lowest BCUT2D eigenvalue weighted by molar-refractivity contribution is -0.116. The van der Waals surface area contributed by atoms with Crippen LogP contribution in [0.3, 0.4) is 0 Å². The fourth-order valence-electron chi connectivity index (χ4n) is 3.75. The van der Waals surface area contributed by atoms with E-state index in [4.69, 9.17) is 5.11 Å². The largest absolute Gasteiger partial charge is 0.511 e. The molecule has 0 saturated carbocycles. The summed E-state index contributed by atoms with van der Waals surface area (Å²) in [5.74, 6) is 0.168. The van der Waals surface area contributed by atoms with Gasteiger partial charge in [-0.1, -0.05) is 30.3 Å². The van der Waals surface area contributed by atoms with Gasteiger partial charge in [-0.3, -0.25) is 19.6 Å². The van der Waals surface area contributed by atoms with Crippen LogP contribution in [0.4, 0.5) is 0 Å². The Morgan fingerprint density at radius 1 is 1.04 bits per heavy atom. The van der Waals surface area contributed by atoms with Crippen molar-refractivity contribution in [1.82, 2.24) is 9.80 Å². The van der Waals surface area contributed by atoms with Gasteiger partial charge in [0.2, 0.25) is 0 Å². The first-order valence-corrected chi connectivity index (χ1v) is 9.73. The van der Waals surface area contributed by atoms with Crippen molar-refractivity contribution in [3.8, 4) is 0 Å². The number of hydrogen-bond acceptors (Lipinski definition) is 6. The minimum absolute atomic E-state index is 0.0334. The molecule has 1 aromatic carbocycles. The molecule has 1 fully saturated rings. The van der Waals surface area contributed by atoms with Gasteiger partial charge in [0.1, 0.15) is 5.76 Å². The minimum atomic E-state index is -0.0334. The van der Waals surface area contributed by atoms with Crippen molar-refractivity contribution in [2.24, 2.45) is 4.99 Å². The Balaban J connectivity index is 1.48. The first kappa shape index (κ1) is 19.7. The number of ketones is 1. The molecule has 2 aliphatic rings. The van der Waals surface area contributed by atoms with Crippen molar-refractivity contribution < 1.29 is 15.0 Å². The average molecular weight is 371 g/mol. The molecule has 1 heterocycles. The summed E-state index contributed by atoms with van der Waals surface area (Å²) in [5, 5.41) is 19.3. The van der Waals surface area contributed by atoms with Gasteiger partial charge in [-0.05, 0) is 11.5 Å². The number of aliphatic imine (C=N–C) groups is 1. The SMILES string of the molecule is O=C1CC(c2ccccc2)CC(O)=C1C=NCCN1CCN(CCO)CC1. The van der Waals surface area contributed by atoms with Gasteiger partial charge in [-0.2, -0.15) is 0 Å². The lowest BCUT2D eigenvalue weighted by Crippen LogP contribution is -2.47. The molecular weight excluding hydrogens is 342 g/mol. The lowest BCUT2D eigenvalue weighted by atomic mass is 9.83. The van der Waals surface area contributed by atoms with Gasteiger partial charge in [0, 0.05) is 58.3 Å². The van der Waals surface area contributed by atoms with E-state index in [1.165, 1.54) is 0 Å². The smallest absolute Gasteiger partial charge is 0.168 e. The fraction of sp³-hybridized carbons (Fsp3) is 0.524. The summed E-state index contributed by atoms with van der Waals surface area (Å²) in [6.45, 7) is 6.30. The number of aliphatic hydroxyl groups is 2. The quantitative estimate of drug-likeness (QED) is 0.713. The predicted molar refractivity (Wildman–Crippen MR) is 106 cm³/mol. The Labute approximate surface area is 160 Å². The van der Waals surface area contributed by atoms with Crippen LogP contribution < -0.4 is 0 Å². The topological polar surface area (TPSA) is 76.4 Å². The van der Waals surface area contributed by atoms with Crippen LogP contribution in [-0.2, 0) is 4.79 Å². The molecule has 0 radical (unpaired) electrons. The van der Waals surface area contributed by atoms with Crippen LogP contribution in [0.5, 0.6) is 0 Å². The maximum absolute atomic E-state index is 12.4. The van der Waals surface area contributed by atoms with E-state index in [9.17, 15) is 9.90 Å². The van der Waals surface area contributed by atoms with E-state index < -0.39 is 0 Å². The second-order valence-corrected chi connectivity index (χ2v) is 7.24. The molecule has 1 aromatic rings. The second kappa shape index (κ2) is 9.78. The zero-order chi connectivity index (χ0) is 19.1. The summed E-state index contributed by atoms with van der Waals surface area (Å²) >= 11 is 0. The van der Waals surface area contributed by atoms with Crippen molar-refractivity contribution in [2.75, 3.05) is 52.4 Å². The Morgan fingerprint density at radius 2 is 1.70 bits per heavy atom. The van der Waals surface area contributed by atoms with Gasteiger partial charge in [0.05, 0.1) is 18.7 Å². The zero-order valence-electron chi connectivity index (χ0n) is 15.8. The predicted octanol–water partition coefficient (Wildman–Crippen LogP) is 1.63. The second-order valence-electron chi connectivity index (χ2n) is 7.24. The molecular formula is C21H29N3O3. The molecule has 0 bridgehead atoms. The van der Waals surface area contributed by atoms with E-state index in [-0.39, 0.29) is 24.1 Å². The van der Waals surface area contributed by atoms with E-state index in [2.05, 4.69) is 14.8 Å². The number of benzene rings is 1. The standard InChI is InChI=1S/C21H29N3O3/c25-13-12-24-10-8-23(9-11-24)7-6-22-16-19-20(26)14-18(15-21(19)27)17-4-2-1-3-5-17/h1-5,16,18,25-26H,6-15H2. The summed E-state index contributed by atoms with van der Waals surface area (Å²) in [6, 6.07) is 9.88. The van der Waals surface area contributed by atoms with E-state index in [0.717, 1.165) is 44.8 Å². The lowest BCUT2D eigenvalue weighted by Gasteiger charge is -2.33. The zero-order valence-corrected chi connectivity index (χ0v) is 15.8. The number of piperazine rings is 1. The first-order chi connectivity index (χ1) is 13.2. The number of carbonyl (C=O) groups is 1. The molecule has 3 rings (SSSR count). The van der Waals surface area contributed by atoms with E-state index >= 15 is 0 Å².